The van der Waals surface area contributed by atoms with E-state index in [-0.39, 0.29) is 30.2 Å². The van der Waals surface area contributed by atoms with Gasteiger partial charge in [-0.25, -0.2) is 0 Å². The summed E-state index contributed by atoms with van der Waals surface area (Å²) in [5.41, 5.74) is 0.142. The first kappa shape index (κ1) is 22.0. The molecule has 162 valence electrons. The van der Waals surface area contributed by atoms with Crippen LogP contribution in [0.5, 0.6) is 5.75 Å². The average molecular weight is 448 g/mol. The second-order valence-electron chi connectivity index (χ2n) is 6.68. The maximum Gasteiger partial charge on any atom is 0.311 e. The lowest BCUT2D eigenvalue weighted by atomic mass is 10.1. The molecule has 11 heteroatoms. The zero-order valence-electron chi connectivity index (χ0n) is 16.4. The highest BCUT2D eigenvalue weighted by atomic mass is 35.5. The summed E-state index contributed by atoms with van der Waals surface area (Å²) in [6.07, 6.45) is -0.0612. The number of nitrogens with one attached hydrogen (secondary N) is 1. The van der Waals surface area contributed by atoms with Crippen molar-refractivity contribution in [2.45, 2.75) is 6.42 Å². The number of nitro benzene ring substituents is 1. The van der Waals surface area contributed by atoms with Crippen LogP contribution in [0.3, 0.4) is 0 Å². The number of methoxy groups -OCH3 is 1. The van der Waals surface area contributed by atoms with E-state index in [9.17, 15) is 24.5 Å². The molecule has 0 unspecified atom stereocenters. The Morgan fingerprint density at radius 3 is 2.74 bits per heavy atom. The highest BCUT2D eigenvalue weighted by Gasteiger charge is 2.36. The molecule has 31 heavy (non-hydrogen) atoms. The number of hydrogen-bond donors (Lipinski definition) is 1. The van der Waals surface area contributed by atoms with Crippen LogP contribution in [0.25, 0.3) is 0 Å². The Kier molecular flexibility index (Phi) is 6.71. The molecule has 1 fully saturated rings. The van der Waals surface area contributed by atoms with Gasteiger partial charge in [0.05, 0.1) is 18.0 Å². The topological polar surface area (TPSA) is 128 Å². The maximum absolute atomic E-state index is 12.3. The van der Waals surface area contributed by atoms with Gasteiger partial charge in [0.1, 0.15) is 11.4 Å². The van der Waals surface area contributed by atoms with Crippen LogP contribution in [0.15, 0.2) is 42.5 Å². The van der Waals surface area contributed by atoms with Crippen molar-refractivity contribution in [2.24, 2.45) is 5.92 Å². The van der Waals surface area contributed by atoms with Crippen molar-refractivity contribution in [3.05, 3.63) is 57.6 Å². The molecule has 2 aromatic rings. The van der Waals surface area contributed by atoms with E-state index in [1.807, 2.05) is 0 Å². The quantitative estimate of drug-likeness (QED) is 0.392. The third-order valence-electron chi connectivity index (χ3n) is 4.60. The van der Waals surface area contributed by atoms with E-state index in [1.165, 1.54) is 30.2 Å². The van der Waals surface area contributed by atoms with Gasteiger partial charge in [0, 0.05) is 35.8 Å². The number of nitrogens with zero attached hydrogens (tertiary/aromatic N) is 2. The van der Waals surface area contributed by atoms with Crippen LogP contribution < -0.4 is 15.0 Å². The molecule has 3 rings (SSSR count). The van der Waals surface area contributed by atoms with Gasteiger partial charge in [-0.2, -0.15) is 0 Å². The fraction of sp³-hybridized carbons (Fsp3) is 0.250. The standard InChI is InChI=1S/C20H18ClN3O7/c1-30-15-5-6-17(24(28)29)16(9-15)22-18(25)11-31-20(27)12-7-19(26)23(10-12)14-4-2-3-13(21)8-14/h2-6,8-9,12H,7,10-11H2,1H3,(H,22,25)/t12-/m1/s1. The first-order chi connectivity index (χ1) is 14.8. The SMILES string of the molecule is COc1ccc([N+](=O)[O-])c(NC(=O)COC(=O)[C@@H]2CC(=O)N(c3cccc(Cl)c3)C2)c1. The molecule has 2 amide bonds. The maximum atomic E-state index is 12.3. The molecule has 0 bridgehead atoms. The van der Waals surface area contributed by atoms with Crippen LogP contribution >= 0.6 is 11.6 Å². The number of nitro groups is 1. The summed E-state index contributed by atoms with van der Waals surface area (Å²) in [6.45, 7) is -0.559. The second-order valence-corrected chi connectivity index (χ2v) is 7.12. The van der Waals surface area contributed by atoms with E-state index in [0.29, 0.717) is 16.5 Å². The molecule has 1 N–H and O–H groups in total. The second kappa shape index (κ2) is 9.43. The van der Waals surface area contributed by atoms with Gasteiger partial charge in [-0.1, -0.05) is 17.7 Å². The lowest BCUT2D eigenvalue weighted by molar-refractivity contribution is -0.383. The van der Waals surface area contributed by atoms with Crippen molar-refractivity contribution in [2.75, 3.05) is 30.5 Å². The van der Waals surface area contributed by atoms with Gasteiger partial charge in [0.25, 0.3) is 11.6 Å². The van der Waals surface area contributed by atoms with Crippen molar-refractivity contribution >= 4 is 46.4 Å². The zero-order chi connectivity index (χ0) is 22.5. The van der Waals surface area contributed by atoms with Crippen molar-refractivity contribution < 1.29 is 28.8 Å². The lowest BCUT2D eigenvalue weighted by Crippen LogP contribution is -2.28. The summed E-state index contributed by atoms with van der Waals surface area (Å²) < 4.78 is 10.0. The molecule has 1 aliphatic rings. The Hall–Kier alpha value is -3.66. The molecule has 1 atom stereocenters. The average Bonchev–Trinajstić information content (AvgIpc) is 3.13. The molecule has 0 saturated carbocycles. The summed E-state index contributed by atoms with van der Waals surface area (Å²) in [4.78, 5) is 48.6. The number of benzene rings is 2. The van der Waals surface area contributed by atoms with Crippen LogP contribution in [-0.4, -0.2) is 43.0 Å². The Labute approximate surface area is 181 Å². The van der Waals surface area contributed by atoms with Gasteiger partial charge in [-0.15, -0.1) is 0 Å². The number of esters is 1. The fourth-order valence-electron chi connectivity index (χ4n) is 3.10. The molecule has 1 heterocycles. The monoisotopic (exact) mass is 447 g/mol. The first-order valence-corrected chi connectivity index (χ1v) is 9.51. The van der Waals surface area contributed by atoms with E-state index >= 15 is 0 Å². The third-order valence-corrected chi connectivity index (χ3v) is 4.83. The van der Waals surface area contributed by atoms with E-state index in [1.54, 1.807) is 24.3 Å². The third kappa shape index (κ3) is 5.28. The number of carbonyl (C=O) groups excluding carboxylic acids is 3. The number of amides is 2. The molecular formula is C20H18ClN3O7. The summed E-state index contributed by atoms with van der Waals surface area (Å²) in [7, 11) is 1.38. The van der Waals surface area contributed by atoms with Crippen molar-refractivity contribution in [1.29, 1.82) is 0 Å². The number of rotatable bonds is 7. The van der Waals surface area contributed by atoms with Gasteiger partial charge >= 0.3 is 5.97 Å². The number of hydrogen-bond acceptors (Lipinski definition) is 7. The van der Waals surface area contributed by atoms with Crippen LogP contribution in [-0.2, 0) is 19.1 Å². The Balaban J connectivity index is 1.58. The van der Waals surface area contributed by atoms with E-state index in [4.69, 9.17) is 21.1 Å². The fourth-order valence-corrected chi connectivity index (χ4v) is 3.29. The van der Waals surface area contributed by atoms with Crippen LogP contribution in [0, 0.1) is 16.0 Å². The number of anilines is 2. The summed E-state index contributed by atoms with van der Waals surface area (Å²) >= 11 is 5.95. The Bertz CT molecular complexity index is 1040. The molecule has 2 aromatic carbocycles. The predicted molar refractivity (Wildman–Crippen MR) is 111 cm³/mol. The van der Waals surface area contributed by atoms with Crippen molar-refractivity contribution in [3.63, 3.8) is 0 Å². The smallest absolute Gasteiger partial charge is 0.311 e. The normalized spacial score (nSPS) is 15.5. The highest BCUT2D eigenvalue weighted by molar-refractivity contribution is 6.31. The molecular weight excluding hydrogens is 430 g/mol. The van der Waals surface area contributed by atoms with Crippen LogP contribution in [0.4, 0.5) is 17.1 Å². The van der Waals surface area contributed by atoms with Gasteiger partial charge in [0.2, 0.25) is 5.91 Å². The highest BCUT2D eigenvalue weighted by Crippen LogP contribution is 2.29. The minimum atomic E-state index is -0.763. The molecule has 0 radical (unpaired) electrons. The summed E-state index contributed by atoms with van der Waals surface area (Å²) in [5.74, 6) is -2.18. The largest absolute Gasteiger partial charge is 0.497 e. The Morgan fingerprint density at radius 1 is 1.29 bits per heavy atom. The van der Waals surface area contributed by atoms with Crippen LogP contribution in [0.1, 0.15) is 6.42 Å². The number of halogens is 1. The zero-order valence-corrected chi connectivity index (χ0v) is 17.1. The Morgan fingerprint density at radius 2 is 2.06 bits per heavy atom. The minimum Gasteiger partial charge on any atom is -0.497 e. The van der Waals surface area contributed by atoms with Crippen molar-refractivity contribution in [1.82, 2.24) is 0 Å². The molecule has 0 spiro atoms. The molecule has 1 aliphatic heterocycles. The first-order valence-electron chi connectivity index (χ1n) is 9.13. The minimum absolute atomic E-state index is 0.0612. The molecule has 10 nitrogen and oxygen atoms in total. The predicted octanol–water partition coefficient (Wildman–Crippen LogP) is 2.79. The molecule has 1 saturated heterocycles. The number of ether oxygens (including phenoxy) is 2. The van der Waals surface area contributed by atoms with E-state index < -0.39 is 29.3 Å². The van der Waals surface area contributed by atoms with Gasteiger partial charge in [-0.3, -0.25) is 24.5 Å². The molecule has 0 aromatic heterocycles. The van der Waals surface area contributed by atoms with Crippen LogP contribution in [0.2, 0.25) is 5.02 Å². The van der Waals surface area contributed by atoms with E-state index in [2.05, 4.69) is 5.32 Å². The van der Waals surface area contributed by atoms with Crippen molar-refractivity contribution in [3.8, 4) is 5.75 Å². The number of carbonyl (C=O) groups is 3. The van der Waals surface area contributed by atoms with Gasteiger partial charge < -0.3 is 19.7 Å². The van der Waals surface area contributed by atoms with Gasteiger partial charge in [-0.05, 0) is 24.3 Å². The summed E-state index contributed by atoms with van der Waals surface area (Å²) in [5, 5.41) is 13.9. The van der Waals surface area contributed by atoms with E-state index in [0.717, 1.165) is 0 Å². The summed E-state index contributed by atoms with van der Waals surface area (Å²) in [6, 6.07) is 10.5. The van der Waals surface area contributed by atoms with Gasteiger partial charge in [0.15, 0.2) is 6.61 Å². The molecule has 0 aliphatic carbocycles. The lowest BCUT2D eigenvalue weighted by Gasteiger charge is -2.16.